The minimum Gasteiger partial charge on any atom is -0.372 e. The highest BCUT2D eigenvalue weighted by atomic mass is 35.5. The van der Waals surface area contributed by atoms with Crippen LogP contribution in [0.5, 0.6) is 0 Å². The maximum absolute atomic E-state index is 12.3. The van der Waals surface area contributed by atoms with Gasteiger partial charge in [-0.1, -0.05) is 35.3 Å². The Labute approximate surface area is 200 Å². The summed E-state index contributed by atoms with van der Waals surface area (Å²) in [6.45, 7) is 2.77. The summed E-state index contributed by atoms with van der Waals surface area (Å²) < 4.78 is 25.7. The van der Waals surface area contributed by atoms with E-state index in [1.54, 1.807) is 12.1 Å². The van der Waals surface area contributed by atoms with Gasteiger partial charge < -0.3 is 10.2 Å². The zero-order valence-electron chi connectivity index (χ0n) is 18.2. The lowest BCUT2D eigenvalue weighted by Crippen LogP contribution is -2.32. The zero-order valence-corrected chi connectivity index (χ0v) is 20.5. The van der Waals surface area contributed by atoms with Gasteiger partial charge in [0.1, 0.15) is 0 Å². The lowest BCUT2D eigenvalue weighted by molar-refractivity contribution is -0.121. The average Bonchev–Trinajstić information content (AvgIpc) is 2.77. The molecule has 0 unspecified atom stereocenters. The van der Waals surface area contributed by atoms with Crippen LogP contribution in [0.3, 0.4) is 0 Å². The number of hydrogen-bond acceptors (Lipinski definition) is 4. The lowest BCUT2D eigenvalue weighted by atomic mass is 10.1. The number of hydrogen-bond donors (Lipinski definition) is 1. The predicted octanol–water partition coefficient (Wildman–Crippen LogP) is 4.85. The van der Waals surface area contributed by atoms with Gasteiger partial charge in [0.2, 0.25) is 15.9 Å². The van der Waals surface area contributed by atoms with Crippen molar-refractivity contribution in [2.24, 2.45) is 0 Å². The smallest absolute Gasteiger partial charge is 0.232 e. The Balaban J connectivity index is 1.49. The van der Waals surface area contributed by atoms with E-state index in [0.29, 0.717) is 23.7 Å². The molecule has 0 aliphatic carbocycles. The second-order valence-corrected chi connectivity index (χ2v) is 10.8. The molecule has 1 amide bonds. The summed E-state index contributed by atoms with van der Waals surface area (Å²) in [6, 6.07) is 12.9. The van der Waals surface area contributed by atoms with E-state index >= 15 is 0 Å². The molecule has 1 N–H and O–H groups in total. The highest BCUT2D eigenvalue weighted by Crippen LogP contribution is 2.31. The Morgan fingerprint density at radius 2 is 1.75 bits per heavy atom. The molecular formula is C23H29Cl2N3O3S. The third kappa shape index (κ3) is 7.02. The lowest BCUT2D eigenvalue weighted by Gasteiger charge is -2.28. The molecule has 0 bridgehead atoms. The topological polar surface area (TPSA) is 69.7 Å². The molecule has 1 aliphatic heterocycles. The number of nitrogens with one attached hydrogen (secondary N) is 1. The summed E-state index contributed by atoms with van der Waals surface area (Å²) in [5, 5.41) is 3.58. The molecule has 1 saturated heterocycles. The maximum Gasteiger partial charge on any atom is 0.232 e. The standard InChI is InChI=1S/C23H29Cl2N3O3S/c1-32(30,31)28(22-16-19(24)9-12-21(22)25)15-5-6-23(29)26-17-18-7-10-20(11-8-18)27-13-3-2-4-14-27/h7-12,16H,2-6,13-15,17H2,1H3,(H,26,29). The van der Waals surface area contributed by atoms with Gasteiger partial charge in [-0.15, -0.1) is 0 Å². The van der Waals surface area contributed by atoms with Gasteiger partial charge in [-0.2, -0.15) is 0 Å². The van der Waals surface area contributed by atoms with E-state index in [9.17, 15) is 13.2 Å². The minimum absolute atomic E-state index is 0.129. The molecule has 0 saturated carbocycles. The molecule has 1 aliphatic rings. The number of nitrogens with zero attached hydrogens (tertiary/aromatic N) is 2. The fourth-order valence-corrected chi connectivity index (χ4v) is 5.20. The number of anilines is 2. The van der Waals surface area contributed by atoms with E-state index in [4.69, 9.17) is 23.2 Å². The molecule has 1 heterocycles. The molecule has 9 heteroatoms. The maximum atomic E-state index is 12.3. The van der Waals surface area contributed by atoms with E-state index in [1.807, 2.05) is 12.1 Å². The van der Waals surface area contributed by atoms with Gasteiger partial charge in [0.05, 0.1) is 17.0 Å². The molecule has 0 aromatic heterocycles. The number of halogens is 2. The van der Waals surface area contributed by atoms with Gasteiger partial charge in [0, 0.05) is 43.3 Å². The number of piperidine rings is 1. The molecule has 3 rings (SSSR count). The molecule has 0 radical (unpaired) electrons. The molecule has 0 spiro atoms. The Hall–Kier alpha value is -1.96. The Morgan fingerprint density at radius 1 is 1.06 bits per heavy atom. The van der Waals surface area contributed by atoms with Gasteiger partial charge in [-0.05, 0) is 61.6 Å². The number of sulfonamides is 1. The first-order valence-corrected chi connectivity index (χ1v) is 13.4. The molecule has 0 atom stereocenters. The number of benzene rings is 2. The van der Waals surface area contributed by atoms with Crippen molar-refractivity contribution in [2.45, 2.75) is 38.6 Å². The highest BCUT2D eigenvalue weighted by Gasteiger charge is 2.20. The van der Waals surface area contributed by atoms with Crippen LogP contribution in [0.4, 0.5) is 11.4 Å². The van der Waals surface area contributed by atoms with E-state index in [-0.39, 0.29) is 23.9 Å². The Morgan fingerprint density at radius 3 is 2.41 bits per heavy atom. The number of rotatable bonds is 9. The van der Waals surface area contributed by atoms with Crippen LogP contribution in [0, 0.1) is 0 Å². The van der Waals surface area contributed by atoms with E-state index in [2.05, 4.69) is 22.3 Å². The van der Waals surface area contributed by atoms with Crippen molar-refractivity contribution in [1.29, 1.82) is 0 Å². The van der Waals surface area contributed by atoms with Crippen molar-refractivity contribution >= 4 is 50.5 Å². The van der Waals surface area contributed by atoms with Crippen LogP contribution in [0.15, 0.2) is 42.5 Å². The summed E-state index contributed by atoms with van der Waals surface area (Å²) in [5.41, 5.74) is 2.57. The molecule has 6 nitrogen and oxygen atoms in total. The van der Waals surface area contributed by atoms with Crippen molar-refractivity contribution in [2.75, 3.05) is 35.1 Å². The fourth-order valence-electron chi connectivity index (χ4n) is 3.79. The molecule has 174 valence electrons. The van der Waals surface area contributed by atoms with Crippen LogP contribution in [-0.4, -0.2) is 40.2 Å². The van der Waals surface area contributed by atoms with Crippen molar-refractivity contribution < 1.29 is 13.2 Å². The third-order valence-corrected chi connectivity index (χ3v) is 7.22. The molecular weight excluding hydrogens is 469 g/mol. The molecule has 2 aromatic carbocycles. The van der Waals surface area contributed by atoms with Crippen LogP contribution in [0.2, 0.25) is 10.0 Å². The van der Waals surface area contributed by atoms with Gasteiger partial charge >= 0.3 is 0 Å². The van der Waals surface area contributed by atoms with Gasteiger partial charge in [0.25, 0.3) is 0 Å². The SMILES string of the molecule is CS(=O)(=O)N(CCCC(=O)NCc1ccc(N2CCCCC2)cc1)c1cc(Cl)ccc1Cl. The van der Waals surface area contributed by atoms with Crippen molar-refractivity contribution in [1.82, 2.24) is 5.32 Å². The quantitative estimate of drug-likeness (QED) is 0.537. The molecule has 1 fully saturated rings. The first-order chi connectivity index (χ1) is 15.2. The summed E-state index contributed by atoms with van der Waals surface area (Å²) in [6.07, 6.45) is 5.44. The van der Waals surface area contributed by atoms with Gasteiger partial charge in [-0.25, -0.2) is 8.42 Å². The third-order valence-electron chi connectivity index (χ3n) is 5.49. The average molecular weight is 498 g/mol. The van der Waals surface area contributed by atoms with Crippen LogP contribution in [0.25, 0.3) is 0 Å². The molecule has 2 aromatic rings. The number of carbonyl (C=O) groups is 1. The van der Waals surface area contributed by atoms with E-state index < -0.39 is 10.0 Å². The summed E-state index contributed by atoms with van der Waals surface area (Å²) >= 11 is 12.2. The van der Waals surface area contributed by atoms with E-state index in [1.165, 1.54) is 35.3 Å². The van der Waals surface area contributed by atoms with Crippen molar-refractivity contribution in [3.8, 4) is 0 Å². The normalized spacial score (nSPS) is 14.3. The van der Waals surface area contributed by atoms with Crippen molar-refractivity contribution in [3.63, 3.8) is 0 Å². The first-order valence-electron chi connectivity index (χ1n) is 10.8. The van der Waals surface area contributed by atoms with Gasteiger partial charge in [0.15, 0.2) is 0 Å². The van der Waals surface area contributed by atoms with E-state index in [0.717, 1.165) is 24.9 Å². The van der Waals surface area contributed by atoms with Crippen molar-refractivity contribution in [3.05, 3.63) is 58.1 Å². The molecule has 32 heavy (non-hydrogen) atoms. The fraction of sp³-hybridized carbons (Fsp3) is 0.435. The summed E-state index contributed by atoms with van der Waals surface area (Å²) in [5.74, 6) is -0.129. The second kappa shape index (κ2) is 11.3. The first kappa shape index (κ1) is 24.7. The second-order valence-electron chi connectivity index (χ2n) is 8.03. The predicted molar refractivity (Wildman–Crippen MR) is 132 cm³/mol. The van der Waals surface area contributed by atoms with Crippen LogP contribution >= 0.6 is 23.2 Å². The highest BCUT2D eigenvalue weighted by molar-refractivity contribution is 7.92. The largest absolute Gasteiger partial charge is 0.372 e. The monoisotopic (exact) mass is 497 g/mol. The minimum atomic E-state index is -3.57. The van der Waals surface area contributed by atoms with Gasteiger partial charge in [-0.3, -0.25) is 9.10 Å². The zero-order chi connectivity index (χ0) is 23.1. The summed E-state index contributed by atoms with van der Waals surface area (Å²) in [7, 11) is -3.57. The van der Waals surface area contributed by atoms with Crippen LogP contribution < -0.4 is 14.5 Å². The number of amides is 1. The summed E-state index contributed by atoms with van der Waals surface area (Å²) in [4.78, 5) is 14.7. The Bertz CT molecular complexity index is 1020. The van der Waals surface area contributed by atoms with Crippen LogP contribution in [-0.2, 0) is 21.4 Å². The van der Waals surface area contributed by atoms with Crippen LogP contribution in [0.1, 0.15) is 37.7 Å². The Kier molecular flexibility index (Phi) is 8.68. The number of carbonyl (C=O) groups excluding carboxylic acids is 1.